The van der Waals surface area contributed by atoms with Crippen molar-refractivity contribution in [1.82, 2.24) is 15.0 Å². The Morgan fingerprint density at radius 3 is 3.11 bits per heavy atom. The summed E-state index contributed by atoms with van der Waals surface area (Å²) in [6.07, 6.45) is 3.25. The lowest BCUT2D eigenvalue weighted by molar-refractivity contribution is -0.137. The zero-order valence-electron chi connectivity index (χ0n) is 10.6. The Hall–Kier alpha value is -1.43. The van der Waals surface area contributed by atoms with Gasteiger partial charge in [-0.3, -0.25) is 9.69 Å². The number of carboxylic acids is 1. The van der Waals surface area contributed by atoms with Gasteiger partial charge in [-0.2, -0.15) is 4.98 Å². The number of carboxylic acid groups (broad SMARTS) is 1. The average Bonchev–Trinajstić information content (AvgIpc) is 2.73. The molecule has 0 bridgehead atoms. The standard InChI is InChI=1S/C12H19N3O3/c1-9-13-11(18-14-9)8-15-6-2-3-10(7-15)4-5-12(16)17/h10H,2-8H2,1H3,(H,16,17). The zero-order valence-corrected chi connectivity index (χ0v) is 10.6. The van der Waals surface area contributed by atoms with Crippen LogP contribution in [0.1, 0.15) is 37.4 Å². The Morgan fingerprint density at radius 2 is 2.44 bits per heavy atom. The van der Waals surface area contributed by atoms with Crippen molar-refractivity contribution in [1.29, 1.82) is 0 Å². The summed E-state index contributed by atoms with van der Waals surface area (Å²) in [6, 6.07) is 0. The third-order valence-electron chi connectivity index (χ3n) is 3.30. The average molecular weight is 253 g/mol. The molecule has 1 unspecified atom stereocenters. The molecule has 0 aromatic carbocycles. The van der Waals surface area contributed by atoms with Crippen LogP contribution in [0.25, 0.3) is 0 Å². The maximum atomic E-state index is 10.6. The number of aromatic nitrogens is 2. The molecule has 2 rings (SSSR count). The summed E-state index contributed by atoms with van der Waals surface area (Å²) >= 11 is 0. The minimum Gasteiger partial charge on any atom is -0.481 e. The second-order valence-electron chi connectivity index (χ2n) is 4.91. The molecule has 1 aliphatic rings. The van der Waals surface area contributed by atoms with E-state index in [0.717, 1.165) is 32.4 Å². The van der Waals surface area contributed by atoms with Gasteiger partial charge in [0, 0.05) is 13.0 Å². The third-order valence-corrected chi connectivity index (χ3v) is 3.30. The van der Waals surface area contributed by atoms with Gasteiger partial charge in [0.2, 0.25) is 5.89 Å². The molecular weight excluding hydrogens is 234 g/mol. The Kier molecular flexibility index (Phi) is 4.30. The van der Waals surface area contributed by atoms with Gasteiger partial charge in [0.15, 0.2) is 5.82 Å². The molecule has 100 valence electrons. The number of aryl methyl sites for hydroxylation is 1. The van der Waals surface area contributed by atoms with Gasteiger partial charge in [0.05, 0.1) is 6.54 Å². The first kappa shape index (κ1) is 13.0. The fourth-order valence-electron chi connectivity index (χ4n) is 2.45. The van der Waals surface area contributed by atoms with Crippen molar-refractivity contribution in [3.05, 3.63) is 11.7 Å². The highest BCUT2D eigenvalue weighted by molar-refractivity contribution is 5.66. The summed E-state index contributed by atoms with van der Waals surface area (Å²) in [5.74, 6) is 1.06. The molecule has 1 saturated heterocycles. The highest BCUT2D eigenvalue weighted by atomic mass is 16.5. The van der Waals surface area contributed by atoms with E-state index < -0.39 is 5.97 Å². The third kappa shape index (κ3) is 3.80. The topological polar surface area (TPSA) is 79.5 Å². The fourth-order valence-corrected chi connectivity index (χ4v) is 2.45. The van der Waals surface area contributed by atoms with Gasteiger partial charge in [-0.1, -0.05) is 5.16 Å². The number of carbonyl (C=O) groups is 1. The quantitative estimate of drug-likeness (QED) is 0.855. The molecular formula is C12H19N3O3. The molecule has 1 aliphatic heterocycles. The first-order chi connectivity index (χ1) is 8.63. The monoisotopic (exact) mass is 253 g/mol. The molecule has 1 aromatic heterocycles. The van der Waals surface area contributed by atoms with Crippen LogP contribution >= 0.6 is 0 Å². The number of aliphatic carboxylic acids is 1. The number of rotatable bonds is 5. The summed E-state index contributed by atoms with van der Waals surface area (Å²) in [5.41, 5.74) is 0. The number of piperidine rings is 1. The van der Waals surface area contributed by atoms with E-state index in [0.29, 0.717) is 24.2 Å². The molecule has 0 saturated carbocycles. The summed E-state index contributed by atoms with van der Waals surface area (Å²) in [7, 11) is 0. The largest absolute Gasteiger partial charge is 0.481 e. The summed E-state index contributed by atoms with van der Waals surface area (Å²) in [5, 5.41) is 12.5. The van der Waals surface area contributed by atoms with Crippen LogP contribution in [0.4, 0.5) is 0 Å². The normalized spacial score (nSPS) is 21.1. The van der Waals surface area contributed by atoms with E-state index >= 15 is 0 Å². The highest BCUT2D eigenvalue weighted by Crippen LogP contribution is 2.22. The Bertz CT molecular complexity index is 405. The van der Waals surface area contributed by atoms with Crippen LogP contribution in [-0.4, -0.2) is 39.2 Å². The molecule has 0 radical (unpaired) electrons. The van der Waals surface area contributed by atoms with Crippen LogP contribution < -0.4 is 0 Å². The van der Waals surface area contributed by atoms with E-state index in [-0.39, 0.29) is 6.42 Å². The number of nitrogens with zero attached hydrogens (tertiary/aromatic N) is 3. The van der Waals surface area contributed by atoms with Crippen LogP contribution in [0.15, 0.2) is 4.52 Å². The summed E-state index contributed by atoms with van der Waals surface area (Å²) in [6.45, 7) is 4.42. The van der Waals surface area contributed by atoms with Crippen molar-refractivity contribution < 1.29 is 14.4 Å². The van der Waals surface area contributed by atoms with E-state index in [1.807, 2.05) is 0 Å². The van der Waals surface area contributed by atoms with Gasteiger partial charge in [-0.05, 0) is 38.6 Å². The Balaban J connectivity index is 1.81. The van der Waals surface area contributed by atoms with Gasteiger partial charge in [-0.15, -0.1) is 0 Å². The van der Waals surface area contributed by atoms with E-state index in [1.165, 1.54) is 0 Å². The second-order valence-corrected chi connectivity index (χ2v) is 4.91. The first-order valence-corrected chi connectivity index (χ1v) is 6.37. The van der Waals surface area contributed by atoms with Crippen LogP contribution in [-0.2, 0) is 11.3 Å². The minimum atomic E-state index is -0.709. The molecule has 6 nitrogen and oxygen atoms in total. The molecule has 18 heavy (non-hydrogen) atoms. The summed E-state index contributed by atoms with van der Waals surface area (Å²) in [4.78, 5) is 17.0. The molecule has 6 heteroatoms. The molecule has 0 spiro atoms. The van der Waals surface area contributed by atoms with Crippen molar-refractivity contribution in [3.8, 4) is 0 Å². The maximum Gasteiger partial charge on any atom is 0.303 e. The lowest BCUT2D eigenvalue weighted by Gasteiger charge is -2.31. The van der Waals surface area contributed by atoms with Crippen LogP contribution in [0.2, 0.25) is 0 Å². The molecule has 1 N–H and O–H groups in total. The van der Waals surface area contributed by atoms with Crippen LogP contribution in [0, 0.1) is 12.8 Å². The fraction of sp³-hybridized carbons (Fsp3) is 0.750. The Labute approximate surface area is 106 Å². The van der Waals surface area contributed by atoms with E-state index in [2.05, 4.69) is 15.0 Å². The lowest BCUT2D eigenvalue weighted by atomic mass is 9.93. The minimum absolute atomic E-state index is 0.262. The van der Waals surface area contributed by atoms with Crippen molar-refractivity contribution in [2.75, 3.05) is 13.1 Å². The van der Waals surface area contributed by atoms with Crippen molar-refractivity contribution in [2.24, 2.45) is 5.92 Å². The first-order valence-electron chi connectivity index (χ1n) is 6.37. The van der Waals surface area contributed by atoms with E-state index in [9.17, 15) is 4.79 Å². The van der Waals surface area contributed by atoms with E-state index in [1.54, 1.807) is 6.92 Å². The maximum absolute atomic E-state index is 10.6. The molecule has 1 atom stereocenters. The SMILES string of the molecule is Cc1noc(CN2CCCC(CCC(=O)O)C2)n1. The molecule has 0 amide bonds. The van der Waals surface area contributed by atoms with E-state index in [4.69, 9.17) is 9.63 Å². The van der Waals surface area contributed by atoms with Gasteiger partial charge in [-0.25, -0.2) is 0 Å². The second kappa shape index (κ2) is 5.95. The zero-order chi connectivity index (χ0) is 13.0. The van der Waals surface area contributed by atoms with Crippen LogP contribution in [0.3, 0.4) is 0 Å². The van der Waals surface area contributed by atoms with Crippen molar-refractivity contribution in [2.45, 2.75) is 39.2 Å². The summed E-state index contributed by atoms with van der Waals surface area (Å²) < 4.78 is 5.10. The van der Waals surface area contributed by atoms with Crippen molar-refractivity contribution in [3.63, 3.8) is 0 Å². The van der Waals surface area contributed by atoms with Crippen LogP contribution in [0.5, 0.6) is 0 Å². The molecule has 2 heterocycles. The predicted octanol–water partition coefficient (Wildman–Crippen LogP) is 1.45. The number of likely N-dealkylation sites (tertiary alicyclic amines) is 1. The number of hydrogen-bond acceptors (Lipinski definition) is 5. The van der Waals surface area contributed by atoms with Gasteiger partial charge in [0.1, 0.15) is 0 Å². The van der Waals surface area contributed by atoms with Gasteiger partial charge in [0.25, 0.3) is 0 Å². The molecule has 0 aliphatic carbocycles. The number of hydrogen-bond donors (Lipinski definition) is 1. The van der Waals surface area contributed by atoms with Gasteiger partial charge < -0.3 is 9.63 Å². The smallest absolute Gasteiger partial charge is 0.303 e. The van der Waals surface area contributed by atoms with Gasteiger partial charge >= 0.3 is 5.97 Å². The lowest BCUT2D eigenvalue weighted by Crippen LogP contribution is -2.35. The highest BCUT2D eigenvalue weighted by Gasteiger charge is 2.21. The molecule has 1 aromatic rings. The Morgan fingerprint density at radius 1 is 1.61 bits per heavy atom. The molecule has 1 fully saturated rings. The van der Waals surface area contributed by atoms with Crippen molar-refractivity contribution >= 4 is 5.97 Å². The predicted molar refractivity (Wildman–Crippen MR) is 63.9 cm³/mol.